The zero-order valence-electron chi connectivity index (χ0n) is 7.80. The van der Waals surface area contributed by atoms with E-state index in [4.69, 9.17) is 5.26 Å². The highest BCUT2D eigenvalue weighted by Crippen LogP contribution is 2.38. The van der Waals surface area contributed by atoms with Gasteiger partial charge in [-0.2, -0.15) is 32.3 Å². The molecular weight excluding hydrogens is 233 g/mol. The molecule has 0 aromatic carbocycles. The average molecular weight is 239 g/mol. The number of nitriles is 1. The van der Waals surface area contributed by atoms with Crippen molar-refractivity contribution >= 4 is 0 Å². The summed E-state index contributed by atoms with van der Waals surface area (Å²) < 4.78 is 61.1. The van der Waals surface area contributed by atoms with Crippen LogP contribution >= 0.6 is 0 Å². The molecule has 88 valence electrons. The lowest BCUT2D eigenvalue weighted by Crippen LogP contribution is -2.37. The van der Waals surface area contributed by atoms with E-state index in [2.05, 4.69) is 5.10 Å². The van der Waals surface area contributed by atoms with Gasteiger partial charge in [-0.3, -0.25) is 4.68 Å². The fourth-order valence-corrected chi connectivity index (χ4v) is 0.943. The minimum absolute atomic E-state index is 0.0321. The van der Waals surface area contributed by atoms with Crippen LogP contribution in [0.5, 0.6) is 0 Å². The molecule has 3 nitrogen and oxygen atoms in total. The molecule has 1 aromatic heterocycles. The molecule has 0 radical (unpaired) electrons. The molecule has 0 N–H and O–H groups in total. The Kier molecular flexibility index (Phi) is 3.16. The van der Waals surface area contributed by atoms with E-state index in [9.17, 15) is 22.0 Å². The molecule has 8 heteroatoms. The highest BCUT2D eigenvalue weighted by atomic mass is 19.4. The topological polar surface area (TPSA) is 41.6 Å². The Hall–Kier alpha value is -1.65. The van der Waals surface area contributed by atoms with E-state index in [-0.39, 0.29) is 5.69 Å². The van der Waals surface area contributed by atoms with Crippen molar-refractivity contribution in [3.05, 3.63) is 18.0 Å². The predicted octanol–water partition coefficient (Wildman–Crippen LogP) is 2.34. The molecule has 0 atom stereocenters. The fourth-order valence-electron chi connectivity index (χ4n) is 0.943. The van der Waals surface area contributed by atoms with Crippen molar-refractivity contribution in [3.63, 3.8) is 0 Å². The quantitative estimate of drug-likeness (QED) is 0.759. The van der Waals surface area contributed by atoms with Gasteiger partial charge < -0.3 is 0 Å². The number of hydrogen-bond donors (Lipinski definition) is 0. The molecule has 0 saturated carbocycles. The number of hydrogen-bond acceptors (Lipinski definition) is 2. The van der Waals surface area contributed by atoms with Gasteiger partial charge in [0.1, 0.15) is 6.07 Å². The van der Waals surface area contributed by atoms with E-state index in [1.807, 2.05) is 0 Å². The smallest absolute Gasteiger partial charge is 0.271 e. The van der Waals surface area contributed by atoms with Crippen molar-refractivity contribution in [1.29, 1.82) is 5.26 Å². The van der Waals surface area contributed by atoms with Crippen molar-refractivity contribution in [1.82, 2.24) is 9.78 Å². The second-order valence-electron chi connectivity index (χ2n) is 3.03. The van der Waals surface area contributed by atoms with E-state index in [1.54, 1.807) is 6.07 Å². The highest BCUT2D eigenvalue weighted by Gasteiger charge is 2.56. The maximum absolute atomic E-state index is 12.5. The fraction of sp³-hybridized carbons (Fsp3) is 0.500. The average Bonchev–Trinajstić information content (AvgIpc) is 2.60. The molecule has 0 spiro atoms. The first-order chi connectivity index (χ1) is 7.26. The number of rotatable bonds is 3. The van der Waals surface area contributed by atoms with Gasteiger partial charge in [0.2, 0.25) is 0 Å². The molecule has 0 saturated heterocycles. The summed E-state index contributed by atoms with van der Waals surface area (Å²) in [5.74, 6) is -4.74. The van der Waals surface area contributed by atoms with Crippen LogP contribution in [0.1, 0.15) is 12.1 Å². The van der Waals surface area contributed by atoms with Gasteiger partial charge in [-0.25, -0.2) is 0 Å². The molecule has 0 unspecified atom stereocenters. The monoisotopic (exact) mass is 239 g/mol. The Morgan fingerprint density at radius 1 is 1.31 bits per heavy atom. The third kappa shape index (κ3) is 2.68. The first-order valence-electron chi connectivity index (χ1n) is 4.14. The number of nitrogens with zero attached hydrogens (tertiary/aromatic N) is 3. The maximum Gasteiger partial charge on any atom is 0.453 e. The van der Waals surface area contributed by atoms with Crippen LogP contribution in [0.25, 0.3) is 0 Å². The summed E-state index contributed by atoms with van der Waals surface area (Å²) in [5.41, 5.74) is -0.0321. The first kappa shape index (κ1) is 12.4. The summed E-state index contributed by atoms with van der Waals surface area (Å²) in [4.78, 5) is 0. The molecule has 0 amide bonds. The maximum atomic E-state index is 12.5. The van der Waals surface area contributed by atoms with Crippen LogP contribution in [0.4, 0.5) is 22.0 Å². The highest BCUT2D eigenvalue weighted by molar-refractivity contribution is 5.16. The number of aromatic nitrogens is 2. The summed E-state index contributed by atoms with van der Waals surface area (Å²) in [6.07, 6.45) is -5.79. The summed E-state index contributed by atoms with van der Waals surface area (Å²) >= 11 is 0. The molecular formula is C8H6F5N3. The number of halogens is 5. The summed E-state index contributed by atoms with van der Waals surface area (Å²) in [6.45, 7) is -0.603. The normalized spacial score (nSPS) is 12.5. The Balaban J connectivity index is 2.62. The lowest BCUT2D eigenvalue weighted by molar-refractivity contribution is -0.285. The summed E-state index contributed by atoms with van der Waals surface area (Å²) in [6, 6.07) is 2.86. The van der Waals surface area contributed by atoms with Crippen molar-refractivity contribution < 1.29 is 22.0 Å². The Bertz CT molecular complexity index is 401. The molecule has 1 rings (SSSR count). The zero-order valence-corrected chi connectivity index (χ0v) is 7.80. The predicted molar refractivity (Wildman–Crippen MR) is 42.6 cm³/mol. The van der Waals surface area contributed by atoms with Crippen molar-refractivity contribution in [3.8, 4) is 6.07 Å². The molecule has 0 aliphatic carbocycles. The largest absolute Gasteiger partial charge is 0.453 e. The van der Waals surface area contributed by atoms with Gasteiger partial charge in [0.15, 0.2) is 5.69 Å². The molecule has 0 aliphatic rings. The minimum atomic E-state index is -5.56. The second kappa shape index (κ2) is 4.08. The van der Waals surface area contributed by atoms with E-state index < -0.39 is 25.1 Å². The van der Waals surface area contributed by atoms with Crippen molar-refractivity contribution in [2.75, 3.05) is 0 Å². The Labute approximate surface area is 87.1 Å². The van der Waals surface area contributed by atoms with Gasteiger partial charge in [0, 0.05) is 19.2 Å². The van der Waals surface area contributed by atoms with Crippen LogP contribution in [0.2, 0.25) is 0 Å². The van der Waals surface area contributed by atoms with Crippen LogP contribution in [-0.4, -0.2) is 21.9 Å². The van der Waals surface area contributed by atoms with Crippen molar-refractivity contribution in [2.24, 2.45) is 0 Å². The van der Waals surface area contributed by atoms with Gasteiger partial charge in [-0.05, 0) is 6.07 Å². The molecule has 0 aliphatic heterocycles. The first-order valence-corrected chi connectivity index (χ1v) is 4.14. The van der Waals surface area contributed by atoms with Gasteiger partial charge in [0.25, 0.3) is 0 Å². The number of aryl methyl sites for hydroxylation is 1. The van der Waals surface area contributed by atoms with Crippen LogP contribution in [0.15, 0.2) is 12.3 Å². The molecule has 1 aromatic rings. The standard InChI is InChI=1S/C8H6F5N3/c9-7(10,8(11,12)13)2-4-16-3-1-6(5-14)15-16/h1,3H,2,4H2. The molecule has 16 heavy (non-hydrogen) atoms. The SMILES string of the molecule is N#Cc1ccn(CCC(F)(F)C(F)(F)F)n1. The molecule has 0 fully saturated rings. The van der Waals surface area contributed by atoms with E-state index in [0.717, 1.165) is 4.68 Å². The number of alkyl halides is 5. The Morgan fingerprint density at radius 3 is 2.38 bits per heavy atom. The lowest BCUT2D eigenvalue weighted by Gasteiger charge is -2.19. The second-order valence-corrected chi connectivity index (χ2v) is 3.03. The summed E-state index contributed by atoms with van der Waals surface area (Å²) in [7, 11) is 0. The van der Waals surface area contributed by atoms with Crippen LogP contribution in [0, 0.1) is 11.3 Å². The van der Waals surface area contributed by atoms with E-state index >= 15 is 0 Å². The van der Waals surface area contributed by atoms with E-state index in [1.165, 1.54) is 12.3 Å². The summed E-state index contributed by atoms with van der Waals surface area (Å²) in [5, 5.41) is 11.8. The van der Waals surface area contributed by atoms with Crippen LogP contribution < -0.4 is 0 Å². The van der Waals surface area contributed by atoms with Gasteiger partial charge in [0.05, 0.1) is 0 Å². The third-order valence-electron chi connectivity index (χ3n) is 1.82. The van der Waals surface area contributed by atoms with Gasteiger partial charge >= 0.3 is 12.1 Å². The van der Waals surface area contributed by atoms with Gasteiger partial charge in [-0.15, -0.1) is 0 Å². The Morgan fingerprint density at radius 2 is 1.94 bits per heavy atom. The van der Waals surface area contributed by atoms with Gasteiger partial charge in [-0.1, -0.05) is 0 Å². The molecule has 1 heterocycles. The minimum Gasteiger partial charge on any atom is -0.271 e. The van der Waals surface area contributed by atoms with Crippen LogP contribution in [0.3, 0.4) is 0 Å². The lowest BCUT2D eigenvalue weighted by atomic mass is 10.2. The molecule has 0 bridgehead atoms. The van der Waals surface area contributed by atoms with E-state index in [0.29, 0.717) is 0 Å². The van der Waals surface area contributed by atoms with Crippen molar-refractivity contribution in [2.45, 2.75) is 25.1 Å². The zero-order chi connectivity index (χ0) is 12.4. The third-order valence-corrected chi connectivity index (χ3v) is 1.82. The van der Waals surface area contributed by atoms with Crippen LogP contribution in [-0.2, 0) is 6.54 Å².